The summed E-state index contributed by atoms with van der Waals surface area (Å²) >= 11 is 0. The van der Waals surface area contributed by atoms with Crippen LogP contribution in [0.5, 0.6) is 5.75 Å². The van der Waals surface area contributed by atoms with Crippen LogP contribution < -0.4 is 10.1 Å². The van der Waals surface area contributed by atoms with Crippen LogP contribution in [-0.4, -0.2) is 30.5 Å². The first-order valence-corrected chi connectivity index (χ1v) is 11.7. The summed E-state index contributed by atoms with van der Waals surface area (Å²) in [6.45, 7) is 0.324. The van der Waals surface area contributed by atoms with E-state index in [4.69, 9.17) is 9.47 Å². The van der Waals surface area contributed by atoms with Crippen molar-refractivity contribution < 1.29 is 19.4 Å². The van der Waals surface area contributed by atoms with Crippen molar-refractivity contribution >= 4 is 6.09 Å². The first-order chi connectivity index (χ1) is 16.2. The van der Waals surface area contributed by atoms with Crippen molar-refractivity contribution in [3.63, 3.8) is 0 Å². The Morgan fingerprint density at radius 2 is 1.61 bits per heavy atom. The molecule has 2 N–H and O–H groups in total. The molecule has 2 aliphatic carbocycles. The normalized spacial score (nSPS) is 16.2. The molecule has 0 spiro atoms. The zero-order valence-electron chi connectivity index (χ0n) is 18.6. The van der Waals surface area contributed by atoms with Gasteiger partial charge in [0.1, 0.15) is 12.4 Å². The summed E-state index contributed by atoms with van der Waals surface area (Å²) in [4.78, 5) is 12.4. The summed E-state index contributed by atoms with van der Waals surface area (Å²) in [6.07, 6.45) is 3.46. The average Bonchev–Trinajstić information content (AvgIpc) is 3.47. The average molecular weight is 444 g/mol. The number of hydrogen-bond acceptors (Lipinski definition) is 4. The van der Waals surface area contributed by atoms with E-state index in [1.807, 2.05) is 48.5 Å². The maximum absolute atomic E-state index is 12.4. The van der Waals surface area contributed by atoms with E-state index in [0.717, 1.165) is 18.6 Å². The molecule has 0 saturated heterocycles. The van der Waals surface area contributed by atoms with Crippen LogP contribution in [-0.2, 0) is 4.74 Å². The van der Waals surface area contributed by atoms with Gasteiger partial charge in [-0.15, -0.1) is 0 Å². The minimum absolute atomic E-state index is 0.0116. The molecule has 0 radical (unpaired) electrons. The topological polar surface area (TPSA) is 67.8 Å². The summed E-state index contributed by atoms with van der Waals surface area (Å²) in [5.41, 5.74) is 5.44. The number of alkyl carbamates (subject to hydrolysis) is 1. The predicted molar refractivity (Wildman–Crippen MR) is 127 cm³/mol. The van der Waals surface area contributed by atoms with Gasteiger partial charge in [-0.1, -0.05) is 60.7 Å². The zero-order chi connectivity index (χ0) is 22.6. The number of rotatable bonds is 7. The van der Waals surface area contributed by atoms with Gasteiger partial charge in [-0.3, -0.25) is 0 Å². The lowest BCUT2D eigenvalue weighted by molar-refractivity contribution is 0.128. The second kappa shape index (κ2) is 9.67. The highest BCUT2D eigenvalue weighted by atomic mass is 16.5. The Morgan fingerprint density at radius 1 is 0.939 bits per heavy atom. The number of carbonyl (C=O) groups is 1. The molecule has 0 heterocycles. The molecule has 5 nitrogen and oxygen atoms in total. The fourth-order valence-electron chi connectivity index (χ4n) is 4.94. The number of amides is 1. The van der Waals surface area contributed by atoms with Crippen molar-refractivity contribution in [2.45, 2.75) is 43.8 Å². The van der Waals surface area contributed by atoms with E-state index in [-0.39, 0.29) is 25.2 Å². The quantitative estimate of drug-likeness (QED) is 0.500. The Bertz CT molecular complexity index is 1080. The molecular weight excluding hydrogens is 414 g/mol. The van der Waals surface area contributed by atoms with E-state index in [9.17, 15) is 9.90 Å². The smallest absolute Gasteiger partial charge is 0.407 e. The molecule has 5 heteroatoms. The molecule has 0 aliphatic heterocycles. The Hall–Kier alpha value is -3.31. The number of aliphatic hydroxyl groups is 1. The predicted octanol–water partition coefficient (Wildman–Crippen LogP) is 5.58. The van der Waals surface area contributed by atoms with Gasteiger partial charge >= 0.3 is 6.09 Å². The molecule has 170 valence electrons. The lowest BCUT2D eigenvalue weighted by atomic mass is 9.98. The maximum Gasteiger partial charge on any atom is 0.407 e. The third kappa shape index (κ3) is 4.74. The van der Waals surface area contributed by atoms with Crippen molar-refractivity contribution in [3.05, 3.63) is 89.5 Å². The molecule has 3 aromatic carbocycles. The Kier molecular flexibility index (Phi) is 6.31. The van der Waals surface area contributed by atoms with Crippen LogP contribution in [0.25, 0.3) is 11.1 Å². The molecule has 1 unspecified atom stereocenters. The molecule has 1 atom stereocenters. The van der Waals surface area contributed by atoms with E-state index in [2.05, 4.69) is 29.6 Å². The van der Waals surface area contributed by atoms with Gasteiger partial charge in [-0.25, -0.2) is 4.79 Å². The van der Waals surface area contributed by atoms with Crippen molar-refractivity contribution in [3.8, 4) is 16.9 Å². The Labute approximate surface area is 194 Å². The lowest BCUT2D eigenvalue weighted by Crippen LogP contribution is -2.30. The summed E-state index contributed by atoms with van der Waals surface area (Å²) in [7, 11) is 0. The van der Waals surface area contributed by atoms with Gasteiger partial charge in [0.15, 0.2) is 0 Å². The second-order valence-corrected chi connectivity index (χ2v) is 8.82. The van der Waals surface area contributed by atoms with Gasteiger partial charge in [0.05, 0.1) is 18.8 Å². The van der Waals surface area contributed by atoms with Crippen LogP contribution in [0, 0.1) is 0 Å². The van der Waals surface area contributed by atoms with Crippen molar-refractivity contribution in [2.24, 2.45) is 0 Å². The lowest BCUT2D eigenvalue weighted by Gasteiger charge is -2.17. The van der Waals surface area contributed by atoms with Gasteiger partial charge in [-0.05, 0) is 65.6 Å². The van der Waals surface area contributed by atoms with Crippen LogP contribution >= 0.6 is 0 Å². The van der Waals surface area contributed by atoms with Crippen LogP contribution in [0.4, 0.5) is 4.79 Å². The van der Waals surface area contributed by atoms with Gasteiger partial charge in [0.25, 0.3) is 0 Å². The second-order valence-electron chi connectivity index (χ2n) is 8.82. The first-order valence-electron chi connectivity index (χ1n) is 11.7. The number of fused-ring (bicyclic) bond motifs is 3. The number of nitrogens with one attached hydrogen (secondary N) is 1. The minimum atomic E-state index is -0.836. The number of hydrogen-bond donors (Lipinski definition) is 2. The van der Waals surface area contributed by atoms with E-state index in [0.29, 0.717) is 5.56 Å². The largest absolute Gasteiger partial charge is 0.490 e. The zero-order valence-corrected chi connectivity index (χ0v) is 18.6. The molecule has 1 fully saturated rings. The molecule has 2 aliphatic rings. The van der Waals surface area contributed by atoms with Gasteiger partial charge < -0.3 is 19.9 Å². The third-order valence-corrected chi connectivity index (χ3v) is 6.63. The van der Waals surface area contributed by atoms with Crippen LogP contribution in [0.3, 0.4) is 0 Å². The first kappa shape index (κ1) is 21.5. The maximum atomic E-state index is 12.4. The number of ether oxygens (including phenoxy) is 2. The molecule has 1 amide bonds. The highest BCUT2D eigenvalue weighted by Gasteiger charge is 2.29. The summed E-state index contributed by atoms with van der Waals surface area (Å²) in [5.74, 6) is 0.775. The fraction of sp³-hybridized carbons (Fsp3) is 0.321. The molecule has 5 rings (SSSR count). The number of carbonyl (C=O) groups excluding carboxylic acids is 1. The van der Waals surface area contributed by atoms with E-state index in [1.165, 1.54) is 35.1 Å². The van der Waals surface area contributed by atoms with Gasteiger partial charge in [0.2, 0.25) is 0 Å². The van der Waals surface area contributed by atoms with E-state index in [1.54, 1.807) is 0 Å². The highest BCUT2D eigenvalue weighted by molar-refractivity contribution is 5.79. The summed E-state index contributed by atoms with van der Waals surface area (Å²) in [6, 6.07) is 23.9. The third-order valence-electron chi connectivity index (χ3n) is 6.63. The molecule has 3 aromatic rings. The van der Waals surface area contributed by atoms with Crippen LogP contribution in [0.15, 0.2) is 72.8 Å². The number of benzene rings is 3. The molecule has 1 saturated carbocycles. The van der Waals surface area contributed by atoms with Crippen molar-refractivity contribution in [1.82, 2.24) is 5.32 Å². The van der Waals surface area contributed by atoms with Crippen LogP contribution in [0.1, 0.15) is 54.4 Å². The SMILES string of the molecule is O=C(NCC(O)c1cccc(OC2CCCC2)c1)OCC1c2ccccc2-c2ccccc21. The van der Waals surface area contributed by atoms with Gasteiger partial charge in [0, 0.05) is 5.92 Å². The Morgan fingerprint density at radius 3 is 2.30 bits per heavy atom. The fourth-order valence-corrected chi connectivity index (χ4v) is 4.94. The van der Waals surface area contributed by atoms with Crippen molar-refractivity contribution in [2.75, 3.05) is 13.2 Å². The monoisotopic (exact) mass is 443 g/mol. The molecule has 0 aromatic heterocycles. The summed E-state index contributed by atoms with van der Waals surface area (Å²) < 4.78 is 11.6. The highest BCUT2D eigenvalue weighted by Crippen LogP contribution is 2.44. The molecule has 0 bridgehead atoms. The molecular formula is C28H29NO4. The minimum Gasteiger partial charge on any atom is -0.490 e. The summed E-state index contributed by atoms with van der Waals surface area (Å²) in [5, 5.41) is 13.3. The van der Waals surface area contributed by atoms with E-state index >= 15 is 0 Å². The van der Waals surface area contributed by atoms with Crippen LogP contribution in [0.2, 0.25) is 0 Å². The number of aliphatic hydroxyl groups excluding tert-OH is 1. The molecule has 33 heavy (non-hydrogen) atoms. The standard InChI is InChI=1S/C28H29NO4/c30-27(19-8-7-11-21(16-19)33-20-9-1-2-10-20)17-29-28(31)32-18-26-24-14-5-3-12-22(24)23-13-4-6-15-25(23)26/h3-8,11-16,20,26-27,30H,1-2,9-10,17-18H2,(H,29,31). The van der Waals surface area contributed by atoms with E-state index < -0.39 is 12.2 Å². The van der Waals surface area contributed by atoms with Gasteiger partial charge in [-0.2, -0.15) is 0 Å². The Balaban J connectivity index is 1.16. The van der Waals surface area contributed by atoms with Crippen molar-refractivity contribution in [1.29, 1.82) is 0 Å².